The largest absolute Gasteiger partial charge is 0.354 e. The lowest BCUT2D eigenvalue weighted by atomic mass is 10.0. The molecule has 0 spiro atoms. The van der Waals surface area contributed by atoms with Crippen LogP contribution in [0, 0.1) is 6.92 Å². The van der Waals surface area contributed by atoms with E-state index < -0.39 is 0 Å². The smallest absolute Gasteiger partial charge is 0.255 e. The van der Waals surface area contributed by atoms with Crippen molar-refractivity contribution in [1.29, 1.82) is 0 Å². The Kier molecular flexibility index (Phi) is 7.05. The normalized spacial score (nSPS) is 14.3. The lowest BCUT2D eigenvalue weighted by Gasteiger charge is -2.26. The fourth-order valence-electron chi connectivity index (χ4n) is 4.31. The molecule has 6 heteroatoms. The molecule has 1 saturated heterocycles. The summed E-state index contributed by atoms with van der Waals surface area (Å²) in [6.45, 7) is 7.04. The summed E-state index contributed by atoms with van der Waals surface area (Å²) in [5.74, 6) is 1.79. The average Bonchev–Trinajstić information content (AvgIpc) is 3.07. The molecule has 0 atom stereocenters. The lowest BCUT2D eigenvalue weighted by Crippen LogP contribution is -2.36. The summed E-state index contributed by atoms with van der Waals surface area (Å²) in [4.78, 5) is 26.9. The van der Waals surface area contributed by atoms with Gasteiger partial charge in [-0.25, -0.2) is 9.97 Å². The van der Waals surface area contributed by atoms with Gasteiger partial charge < -0.3 is 9.80 Å². The number of benzene rings is 2. The van der Waals surface area contributed by atoms with E-state index in [1.165, 1.54) is 11.1 Å². The molecule has 0 N–H and O–H groups in total. The number of carbonyl (C=O) groups excluding carboxylic acids is 1. The van der Waals surface area contributed by atoms with Crippen molar-refractivity contribution in [2.75, 3.05) is 31.1 Å². The Morgan fingerprint density at radius 1 is 0.969 bits per heavy atom. The highest BCUT2D eigenvalue weighted by Gasteiger charge is 2.25. The highest BCUT2D eigenvalue weighted by atomic mass is 35.5. The fourth-order valence-corrected chi connectivity index (χ4v) is 4.53. The molecular formula is C26H29ClN4O. The summed E-state index contributed by atoms with van der Waals surface area (Å²) in [6, 6.07) is 17.7. The van der Waals surface area contributed by atoms with Gasteiger partial charge in [-0.15, -0.1) is 0 Å². The van der Waals surface area contributed by atoms with Crippen LogP contribution >= 0.6 is 11.6 Å². The first-order valence-electron chi connectivity index (χ1n) is 11.3. The monoisotopic (exact) mass is 448 g/mol. The molecule has 166 valence electrons. The molecule has 0 saturated carbocycles. The van der Waals surface area contributed by atoms with Crippen molar-refractivity contribution < 1.29 is 4.79 Å². The third-order valence-corrected chi connectivity index (χ3v) is 6.26. The zero-order valence-electron chi connectivity index (χ0n) is 18.7. The van der Waals surface area contributed by atoms with E-state index in [0.29, 0.717) is 23.7 Å². The Morgan fingerprint density at radius 3 is 2.47 bits per heavy atom. The molecule has 0 radical (unpaired) electrons. The molecule has 4 rings (SSSR count). The Labute approximate surface area is 195 Å². The molecule has 1 fully saturated rings. The van der Waals surface area contributed by atoms with Crippen molar-refractivity contribution >= 4 is 23.3 Å². The molecule has 5 nitrogen and oxygen atoms in total. The Bertz CT molecular complexity index is 1090. The summed E-state index contributed by atoms with van der Waals surface area (Å²) >= 11 is 6.28. The molecular weight excluding hydrogens is 420 g/mol. The van der Waals surface area contributed by atoms with Crippen LogP contribution in [0.2, 0.25) is 5.02 Å². The van der Waals surface area contributed by atoms with Crippen LogP contribution in [0.15, 0.2) is 54.6 Å². The van der Waals surface area contributed by atoms with Crippen molar-refractivity contribution in [3.05, 3.63) is 87.8 Å². The van der Waals surface area contributed by atoms with Crippen LogP contribution in [-0.4, -0.2) is 47.0 Å². The van der Waals surface area contributed by atoms with Gasteiger partial charge in [-0.05, 0) is 37.5 Å². The molecule has 32 heavy (non-hydrogen) atoms. The first kappa shape index (κ1) is 22.3. The minimum atomic E-state index is -0.00456. The molecule has 1 aromatic heterocycles. The van der Waals surface area contributed by atoms with Gasteiger partial charge in [0, 0.05) is 43.9 Å². The number of anilines is 1. The van der Waals surface area contributed by atoms with Crippen molar-refractivity contribution in [2.24, 2.45) is 0 Å². The Balaban J connectivity index is 1.59. The number of amides is 1. The summed E-state index contributed by atoms with van der Waals surface area (Å²) in [5, 5.41) is 0.503. The first-order valence-corrected chi connectivity index (χ1v) is 11.6. The summed E-state index contributed by atoms with van der Waals surface area (Å²) in [6.07, 6.45) is 2.55. The summed E-state index contributed by atoms with van der Waals surface area (Å²) in [7, 11) is 0. The van der Waals surface area contributed by atoms with Crippen LogP contribution in [0.3, 0.4) is 0 Å². The number of carbonyl (C=O) groups is 1. The number of aryl methyl sites for hydroxylation is 2. The van der Waals surface area contributed by atoms with Crippen LogP contribution < -0.4 is 4.90 Å². The number of rotatable bonds is 5. The van der Waals surface area contributed by atoms with Gasteiger partial charge in [-0.3, -0.25) is 4.79 Å². The highest BCUT2D eigenvalue weighted by Crippen LogP contribution is 2.26. The molecule has 1 aliphatic heterocycles. The third kappa shape index (κ3) is 4.94. The standard InChI is InChI=1S/C26H29ClN4O/c1-3-24-22(18-20-10-5-4-6-11-20)25(29-19(2)28-24)30-14-9-15-31(17-16-30)26(32)21-12-7-8-13-23(21)27/h4-8,10-13H,3,9,14-18H2,1-2H3. The number of hydrogen-bond donors (Lipinski definition) is 0. The van der Waals surface area contributed by atoms with E-state index in [-0.39, 0.29) is 5.91 Å². The molecule has 2 aromatic carbocycles. The van der Waals surface area contributed by atoms with E-state index >= 15 is 0 Å². The number of halogens is 1. The van der Waals surface area contributed by atoms with Gasteiger partial charge in [0.15, 0.2) is 0 Å². The second-order valence-corrected chi connectivity index (χ2v) is 8.56. The zero-order chi connectivity index (χ0) is 22.5. The van der Waals surface area contributed by atoms with Gasteiger partial charge in [0.2, 0.25) is 0 Å². The van der Waals surface area contributed by atoms with Gasteiger partial charge >= 0.3 is 0 Å². The van der Waals surface area contributed by atoms with E-state index in [1.54, 1.807) is 12.1 Å². The molecule has 3 aromatic rings. The van der Waals surface area contributed by atoms with E-state index in [9.17, 15) is 4.79 Å². The highest BCUT2D eigenvalue weighted by molar-refractivity contribution is 6.33. The van der Waals surface area contributed by atoms with Gasteiger partial charge in [-0.2, -0.15) is 0 Å². The van der Waals surface area contributed by atoms with Crippen LogP contribution in [0.1, 0.15) is 46.3 Å². The van der Waals surface area contributed by atoms with Crippen LogP contribution in [-0.2, 0) is 12.8 Å². The van der Waals surface area contributed by atoms with E-state index in [1.807, 2.05) is 30.0 Å². The molecule has 0 bridgehead atoms. The van der Waals surface area contributed by atoms with Gasteiger partial charge in [0.1, 0.15) is 11.6 Å². The Morgan fingerprint density at radius 2 is 1.72 bits per heavy atom. The summed E-state index contributed by atoms with van der Waals surface area (Å²) < 4.78 is 0. The first-order chi connectivity index (χ1) is 15.6. The second-order valence-electron chi connectivity index (χ2n) is 8.15. The van der Waals surface area contributed by atoms with Gasteiger partial charge in [-0.1, -0.05) is 61.0 Å². The maximum atomic E-state index is 13.1. The maximum absolute atomic E-state index is 13.1. The van der Waals surface area contributed by atoms with Gasteiger partial charge in [0.05, 0.1) is 10.6 Å². The zero-order valence-corrected chi connectivity index (χ0v) is 19.5. The molecule has 1 amide bonds. The van der Waals surface area contributed by atoms with Crippen molar-refractivity contribution in [2.45, 2.75) is 33.1 Å². The molecule has 0 aliphatic carbocycles. The lowest BCUT2D eigenvalue weighted by molar-refractivity contribution is 0.0767. The minimum absolute atomic E-state index is 0.00456. The van der Waals surface area contributed by atoms with Crippen LogP contribution in [0.25, 0.3) is 0 Å². The number of aromatic nitrogens is 2. The molecule has 0 unspecified atom stereocenters. The van der Waals surface area contributed by atoms with E-state index in [0.717, 1.165) is 49.7 Å². The van der Waals surface area contributed by atoms with Gasteiger partial charge in [0.25, 0.3) is 5.91 Å². The van der Waals surface area contributed by atoms with Crippen LogP contribution in [0.4, 0.5) is 5.82 Å². The quantitative estimate of drug-likeness (QED) is 0.554. The van der Waals surface area contributed by atoms with E-state index in [4.69, 9.17) is 21.6 Å². The van der Waals surface area contributed by atoms with Crippen LogP contribution in [0.5, 0.6) is 0 Å². The van der Waals surface area contributed by atoms with Crippen molar-refractivity contribution in [3.63, 3.8) is 0 Å². The third-order valence-electron chi connectivity index (χ3n) is 5.93. The predicted molar refractivity (Wildman–Crippen MR) is 130 cm³/mol. The Hall–Kier alpha value is -2.92. The molecule has 2 heterocycles. The van der Waals surface area contributed by atoms with Crippen molar-refractivity contribution in [3.8, 4) is 0 Å². The average molecular weight is 449 g/mol. The minimum Gasteiger partial charge on any atom is -0.354 e. The topological polar surface area (TPSA) is 49.3 Å². The number of nitrogens with zero attached hydrogens (tertiary/aromatic N) is 4. The number of hydrogen-bond acceptors (Lipinski definition) is 4. The molecule has 1 aliphatic rings. The SMILES string of the molecule is CCc1nc(C)nc(N2CCCN(C(=O)c3ccccc3Cl)CC2)c1Cc1ccccc1. The maximum Gasteiger partial charge on any atom is 0.255 e. The predicted octanol–water partition coefficient (Wildman–Crippen LogP) is 4.94. The van der Waals surface area contributed by atoms with E-state index in [2.05, 4.69) is 36.1 Å². The summed E-state index contributed by atoms with van der Waals surface area (Å²) in [5.41, 5.74) is 4.11. The fraction of sp³-hybridized carbons (Fsp3) is 0.346. The second kappa shape index (κ2) is 10.1. The van der Waals surface area contributed by atoms with Crippen molar-refractivity contribution in [1.82, 2.24) is 14.9 Å².